The smallest absolute Gasteiger partial charge is 0.269 e. The molecule has 0 atom stereocenters. The standard InChI is InChI=1S/C25H26N4O3S.C24H24N4O3S/c1-28-15-21(14-27-28)24-16-29(33(30,31)22-6-4-3-5-7-22)25-23(24)12-20(13-26-25)19-10-8-18(9-11-19)17-32-2;1-27-14-20(13-26-27)23-15-28(32(30,31)21-5-3-2-4-6-21)24-22(23)11-19(12-25-24)18-9-7-17(16-29)8-10-18/h3-7,12-17,19H,8-11H2,1-2H3;2-6,11-18H,7-10H2,1H3. The van der Waals surface area contributed by atoms with E-state index in [-0.39, 0.29) is 15.7 Å². The number of carbonyl (C=O) groups is 1. The molecule has 0 radical (unpaired) electrons. The number of fused-ring (bicyclic) bond motifs is 2. The fourth-order valence-electron chi connectivity index (χ4n) is 9.19. The monoisotopic (exact) mass is 910 g/mol. The Bertz CT molecular complexity index is 3240. The Morgan fingerprint density at radius 1 is 0.600 bits per heavy atom. The molecule has 0 aliphatic heterocycles. The normalized spacial score (nSPS) is 18.0. The number of hydrogen-bond donors (Lipinski definition) is 0. The van der Waals surface area contributed by atoms with E-state index in [2.05, 4.69) is 32.3 Å². The van der Waals surface area contributed by atoms with Crippen LogP contribution in [0.25, 0.3) is 44.3 Å². The van der Waals surface area contributed by atoms with Crippen LogP contribution >= 0.6 is 0 Å². The van der Waals surface area contributed by atoms with E-state index in [4.69, 9.17) is 4.74 Å². The van der Waals surface area contributed by atoms with E-state index < -0.39 is 20.0 Å². The van der Waals surface area contributed by atoms with Crippen molar-refractivity contribution in [1.82, 2.24) is 37.5 Å². The van der Waals surface area contributed by atoms with Crippen molar-refractivity contribution in [3.8, 4) is 22.3 Å². The van der Waals surface area contributed by atoms with E-state index in [9.17, 15) is 21.6 Å². The van der Waals surface area contributed by atoms with E-state index in [0.717, 1.165) is 102 Å². The van der Waals surface area contributed by atoms with Gasteiger partial charge in [0.25, 0.3) is 20.0 Å². The Morgan fingerprint density at radius 2 is 1.05 bits per heavy atom. The van der Waals surface area contributed by atoms with Gasteiger partial charge in [-0.2, -0.15) is 10.2 Å². The predicted octanol–water partition coefficient (Wildman–Crippen LogP) is 9.01. The average Bonchev–Trinajstić information content (AvgIpc) is 4.15. The van der Waals surface area contributed by atoms with Gasteiger partial charge in [-0.1, -0.05) is 36.4 Å². The molecule has 10 rings (SSSR count). The molecule has 334 valence electrons. The fourth-order valence-corrected chi connectivity index (χ4v) is 11.9. The van der Waals surface area contributed by atoms with Gasteiger partial charge in [-0.15, -0.1) is 0 Å². The Morgan fingerprint density at radius 3 is 1.45 bits per heavy atom. The van der Waals surface area contributed by atoms with Gasteiger partial charge < -0.3 is 9.53 Å². The lowest BCUT2D eigenvalue weighted by Crippen LogP contribution is -2.15. The molecule has 0 N–H and O–H groups in total. The van der Waals surface area contributed by atoms with E-state index in [1.54, 1.807) is 108 Å². The summed E-state index contributed by atoms with van der Waals surface area (Å²) in [5.41, 5.74) is 7.67. The van der Waals surface area contributed by atoms with Gasteiger partial charge in [0, 0.05) is 90.2 Å². The van der Waals surface area contributed by atoms with Crippen molar-refractivity contribution in [2.75, 3.05) is 7.11 Å². The summed E-state index contributed by atoms with van der Waals surface area (Å²) in [6.45, 7) is 0. The zero-order chi connectivity index (χ0) is 45.3. The average molecular weight is 911 g/mol. The third-order valence-electron chi connectivity index (χ3n) is 12.7. The highest BCUT2D eigenvalue weighted by atomic mass is 32.2. The summed E-state index contributed by atoms with van der Waals surface area (Å²) in [5.74, 6) is 0.844. The van der Waals surface area contributed by atoms with E-state index in [1.165, 1.54) is 13.5 Å². The van der Waals surface area contributed by atoms with Crippen molar-refractivity contribution in [2.24, 2.45) is 20.0 Å². The Balaban J connectivity index is 0.000000164. The topological polar surface area (TPSA) is 166 Å². The lowest BCUT2D eigenvalue weighted by atomic mass is 9.79. The first-order chi connectivity index (χ1) is 31.4. The quantitative estimate of drug-likeness (QED) is 0.0955. The summed E-state index contributed by atoms with van der Waals surface area (Å²) < 4.78 is 64.9. The van der Waals surface area contributed by atoms with Crippen molar-refractivity contribution < 1.29 is 26.4 Å². The van der Waals surface area contributed by atoms with Crippen LogP contribution in [0.15, 0.2) is 144 Å². The molecule has 16 heteroatoms. The number of aromatic nitrogens is 8. The minimum atomic E-state index is -3.81. The van der Waals surface area contributed by atoms with Gasteiger partial charge in [0.2, 0.25) is 0 Å². The SMILES string of the molecule is COC=C1CCC(c2cnc3c(c2)c(-c2cnn(C)c2)cn3S(=O)(=O)c2ccccc2)CC1.Cn1cc(-c2cn(S(=O)(=O)c3ccccc3)c3ncc(C4CCC(C=O)CC4)cc23)cn1. The van der Waals surface area contributed by atoms with Crippen LogP contribution in [0.2, 0.25) is 0 Å². The van der Waals surface area contributed by atoms with Crippen molar-refractivity contribution in [2.45, 2.75) is 73.0 Å². The molecular formula is C49H50N8O6S2. The first-order valence-corrected chi connectivity index (χ1v) is 24.6. The number of rotatable bonds is 10. The van der Waals surface area contributed by atoms with Crippen molar-refractivity contribution >= 4 is 48.4 Å². The number of aryl methyl sites for hydroxylation is 2. The Hall–Kier alpha value is -6.65. The zero-order valence-electron chi connectivity index (χ0n) is 36.4. The van der Waals surface area contributed by atoms with Gasteiger partial charge in [0.1, 0.15) is 6.29 Å². The minimum absolute atomic E-state index is 0.144. The molecule has 65 heavy (non-hydrogen) atoms. The van der Waals surface area contributed by atoms with Gasteiger partial charge in [0.15, 0.2) is 11.3 Å². The van der Waals surface area contributed by atoms with Crippen LogP contribution in [0.1, 0.15) is 74.3 Å². The maximum absolute atomic E-state index is 13.5. The molecule has 8 aromatic rings. The van der Waals surface area contributed by atoms with Gasteiger partial charge >= 0.3 is 0 Å². The fraction of sp³-hybridized carbons (Fsp3) is 0.286. The highest BCUT2D eigenvalue weighted by molar-refractivity contribution is 7.90. The minimum Gasteiger partial charge on any atom is -0.504 e. The highest BCUT2D eigenvalue weighted by Gasteiger charge is 2.28. The number of pyridine rings is 2. The Kier molecular flexibility index (Phi) is 12.1. The molecule has 14 nitrogen and oxygen atoms in total. The first-order valence-electron chi connectivity index (χ1n) is 21.7. The van der Waals surface area contributed by atoms with Crippen LogP contribution in [-0.4, -0.2) is 67.7 Å². The largest absolute Gasteiger partial charge is 0.504 e. The zero-order valence-corrected chi connectivity index (χ0v) is 38.1. The maximum Gasteiger partial charge on any atom is 0.269 e. The lowest BCUT2D eigenvalue weighted by molar-refractivity contribution is -0.111. The third-order valence-corrected chi connectivity index (χ3v) is 16.0. The molecule has 0 unspecified atom stereocenters. The second-order valence-electron chi connectivity index (χ2n) is 16.9. The Labute approximate surface area is 378 Å². The molecule has 2 fully saturated rings. The summed E-state index contributed by atoms with van der Waals surface area (Å²) in [7, 11) is -2.23. The molecule has 0 spiro atoms. The number of hydrogen-bond acceptors (Lipinski definition) is 10. The summed E-state index contributed by atoms with van der Waals surface area (Å²) in [6.07, 6.45) is 24.8. The van der Waals surface area contributed by atoms with Gasteiger partial charge in [-0.05, 0) is 116 Å². The number of allylic oxidation sites excluding steroid dienone is 1. The first kappa shape index (κ1) is 43.6. The van der Waals surface area contributed by atoms with E-state index >= 15 is 0 Å². The molecule has 2 aliphatic rings. The molecule has 6 aromatic heterocycles. The predicted molar refractivity (Wildman–Crippen MR) is 249 cm³/mol. The molecule has 2 saturated carbocycles. The summed E-state index contributed by atoms with van der Waals surface area (Å²) >= 11 is 0. The molecule has 2 aliphatic carbocycles. The van der Waals surface area contributed by atoms with Crippen molar-refractivity contribution in [1.29, 1.82) is 0 Å². The van der Waals surface area contributed by atoms with Crippen LogP contribution in [0, 0.1) is 5.92 Å². The maximum atomic E-state index is 13.5. The molecule has 6 heterocycles. The van der Waals surface area contributed by atoms with Gasteiger partial charge in [-0.3, -0.25) is 9.36 Å². The summed E-state index contributed by atoms with van der Waals surface area (Å²) in [6, 6.07) is 21.0. The van der Waals surface area contributed by atoms with Gasteiger partial charge in [-0.25, -0.2) is 34.7 Å². The number of methoxy groups -OCH3 is 1. The molecule has 0 saturated heterocycles. The molecule has 2 aromatic carbocycles. The van der Waals surface area contributed by atoms with Crippen molar-refractivity contribution in [3.05, 3.63) is 145 Å². The molecular weight excluding hydrogens is 861 g/mol. The number of nitrogens with zero attached hydrogens (tertiary/aromatic N) is 8. The summed E-state index contributed by atoms with van der Waals surface area (Å²) in [5, 5.41) is 10.2. The van der Waals surface area contributed by atoms with Crippen LogP contribution in [0.3, 0.4) is 0 Å². The van der Waals surface area contributed by atoms with Crippen molar-refractivity contribution in [3.63, 3.8) is 0 Å². The van der Waals surface area contributed by atoms with Crippen LogP contribution in [-0.2, 0) is 43.7 Å². The second-order valence-corrected chi connectivity index (χ2v) is 20.6. The summed E-state index contributed by atoms with van der Waals surface area (Å²) in [4.78, 5) is 20.9. The third kappa shape index (κ3) is 8.67. The number of aldehydes is 1. The molecule has 0 amide bonds. The van der Waals surface area contributed by atoms with E-state index in [1.807, 2.05) is 38.9 Å². The van der Waals surface area contributed by atoms with Crippen LogP contribution < -0.4 is 0 Å². The number of benzene rings is 2. The van der Waals surface area contributed by atoms with E-state index in [0.29, 0.717) is 23.1 Å². The lowest BCUT2D eigenvalue weighted by Gasteiger charge is -2.25. The second kappa shape index (κ2) is 18.1. The highest BCUT2D eigenvalue weighted by Crippen LogP contribution is 2.40. The number of ether oxygens (including phenoxy) is 1. The van der Waals surface area contributed by atoms with Crippen LogP contribution in [0.4, 0.5) is 0 Å². The number of carbonyl (C=O) groups excluding carboxylic acids is 1. The molecule has 0 bridgehead atoms. The van der Waals surface area contributed by atoms with Crippen LogP contribution in [0.5, 0.6) is 0 Å². The van der Waals surface area contributed by atoms with Gasteiger partial charge in [0.05, 0.1) is 35.6 Å².